The lowest BCUT2D eigenvalue weighted by Crippen LogP contribution is -2.69. The maximum Gasteiger partial charge on any atom is 0.341 e. The summed E-state index contributed by atoms with van der Waals surface area (Å²) in [4.78, 5) is 72.6. The molecule has 1 aliphatic rings. The van der Waals surface area contributed by atoms with Crippen molar-refractivity contribution >= 4 is 35.3 Å². The molecule has 0 saturated heterocycles. The number of ketones is 2. The van der Waals surface area contributed by atoms with E-state index < -0.39 is 66.1 Å². The molecule has 0 radical (unpaired) electrons. The van der Waals surface area contributed by atoms with Gasteiger partial charge in [0.2, 0.25) is 11.4 Å². The fourth-order valence-electron chi connectivity index (χ4n) is 8.17. The predicted molar refractivity (Wildman–Crippen MR) is 249 cm³/mol. The van der Waals surface area contributed by atoms with E-state index in [1.54, 1.807) is 0 Å². The highest BCUT2D eigenvalue weighted by molar-refractivity contribution is 6.23. The Morgan fingerprint density at radius 3 is 1.58 bits per heavy atom. The van der Waals surface area contributed by atoms with Gasteiger partial charge in [0, 0.05) is 25.5 Å². The fourth-order valence-corrected chi connectivity index (χ4v) is 8.17. The maximum atomic E-state index is 14.8. The Balaban J connectivity index is 3.12. The minimum Gasteiger partial charge on any atom is -0.455 e. The molecule has 0 bridgehead atoms. The molecule has 2 amide bonds. The molecule has 12 nitrogen and oxygen atoms in total. The highest BCUT2D eigenvalue weighted by Gasteiger charge is 2.63. The maximum absolute atomic E-state index is 14.8. The van der Waals surface area contributed by atoms with E-state index in [1.807, 2.05) is 0 Å². The van der Waals surface area contributed by atoms with Crippen LogP contribution in [0.1, 0.15) is 207 Å². The van der Waals surface area contributed by atoms with Gasteiger partial charge in [0.25, 0.3) is 5.91 Å². The van der Waals surface area contributed by atoms with Crippen LogP contribution in [-0.2, 0) is 28.7 Å². The van der Waals surface area contributed by atoms with Crippen molar-refractivity contribution < 1.29 is 38.9 Å². The van der Waals surface area contributed by atoms with Crippen LogP contribution in [0.5, 0.6) is 0 Å². The number of nitrogens with zero attached hydrogens (tertiary/aromatic N) is 1. The zero-order chi connectivity index (χ0) is 45.9. The number of carbonyl (C=O) groups is 5. The first-order chi connectivity index (χ1) is 30.0. The first kappa shape index (κ1) is 56.4. The smallest absolute Gasteiger partial charge is 0.341 e. The number of esters is 1. The van der Waals surface area contributed by atoms with Crippen LogP contribution in [0.3, 0.4) is 0 Å². The van der Waals surface area contributed by atoms with Gasteiger partial charge >= 0.3 is 5.97 Å². The third kappa shape index (κ3) is 22.1. The summed E-state index contributed by atoms with van der Waals surface area (Å²) in [7, 11) is 0. The standard InChI is InChI=1S/C50H86N4O8/c1-4-6-8-10-12-14-16-18-20-22-24-26-28-30-32-34-44(57)50(48(61)62-42(39-55)40-56)43(36-37-53-49(51)52)47(60)41(3)38-46(59)54(50)45(58)35-33-31-29-27-25-23-21-19-17-15-13-11-9-7-5-2/h18-21,38,42-43,55-56H,4-17,22-37,39-40H2,1-3H3,(H4,51,52,53)/b20-18-,21-19-/t43?,50-/m1/s1. The number of unbranched alkanes of at least 4 members (excludes halogenated alkanes) is 22. The van der Waals surface area contributed by atoms with E-state index >= 15 is 0 Å². The second-order valence-electron chi connectivity index (χ2n) is 17.2. The lowest BCUT2D eigenvalue weighted by molar-refractivity contribution is -0.183. The number of nitrogens with one attached hydrogen (secondary N) is 2. The van der Waals surface area contributed by atoms with Crippen LogP contribution < -0.4 is 11.1 Å². The zero-order valence-electron chi connectivity index (χ0n) is 39.0. The van der Waals surface area contributed by atoms with Gasteiger partial charge in [-0.3, -0.25) is 29.5 Å². The van der Waals surface area contributed by atoms with Crippen LogP contribution in [0.4, 0.5) is 0 Å². The Hall–Kier alpha value is -3.64. The number of amides is 2. The van der Waals surface area contributed by atoms with E-state index in [0.717, 1.165) is 70.3 Å². The molecule has 1 rings (SSSR count). The van der Waals surface area contributed by atoms with Crippen LogP contribution in [0, 0.1) is 11.3 Å². The lowest BCUT2D eigenvalue weighted by atomic mass is 9.72. The molecule has 0 aliphatic carbocycles. The minimum atomic E-state index is -2.71. The number of rotatable bonds is 38. The molecule has 0 aromatic carbocycles. The molecule has 12 heteroatoms. The number of allylic oxidation sites excluding steroid dienone is 5. The largest absolute Gasteiger partial charge is 0.455 e. The van der Waals surface area contributed by atoms with Gasteiger partial charge in [-0.15, -0.1) is 0 Å². The Bertz CT molecular complexity index is 1390. The van der Waals surface area contributed by atoms with Crippen molar-refractivity contribution in [2.75, 3.05) is 19.8 Å². The number of carbonyl (C=O) groups excluding carboxylic acids is 5. The van der Waals surface area contributed by atoms with Gasteiger partial charge in [0.05, 0.1) is 19.1 Å². The number of aliphatic hydroxyl groups is 2. The number of hydrogen-bond acceptors (Lipinski definition) is 9. The zero-order valence-corrected chi connectivity index (χ0v) is 39.0. The van der Waals surface area contributed by atoms with Gasteiger partial charge in [-0.25, -0.2) is 4.79 Å². The minimum absolute atomic E-state index is 0.0361. The molecule has 6 N–H and O–H groups in total. The van der Waals surface area contributed by atoms with E-state index in [4.69, 9.17) is 15.9 Å². The Labute approximate surface area is 374 Å². The van der Waals surface area contributed by atoms with E-state index in [1.165, 1.54) is 84.0 Å². The summed E-state index contributed by atoms with van der Waals surface area (Å²) in [6.45, 7) is 4.14. The molecule has 0 spiro atoms. The fraction of sp³-hybridized carbons (Fsp3) is 0.760. The quantitative estimate of drug-likeness (QED) is 0.00994. The second kappa shape index (κ2) is 35.8. The number of guanidine groups is 1. The summed E-state index contributed by atoms with van der Waals surface area (Å²) in [6, 6.07) is 0. The second-order valence-corrected chi connectivity index (χ2v) is 17.2. The van der Waals surface area contributed by atoms with Crippen molar-refractivity contribution in [3.05, 3.63) is 36.0 Å². The molecular formula is C50H86N4O8. The van der Waals surface area contributed by atoms with Crippen LogP contribution in [0.2, 0.25) is 0 Å². The highest BCUT2D eigenvalue weighted by atomic mass is 16.6. The average molecular weight is 871 g/mol. The number of nitrogens with two attached hydrogens (primary N) is 1. The van der Waals surface area contributed by atoms with Gasteiger partial charge in [-0.2, -0.15) is 0 Å². The van der Waals surface area contributed by atoms with Crippen molar-refractivity contribution in [2.45, 2.75) is 219 Å². The molecule has 0 fully saturated rings. The lowest BCUT2D eigenvalue weighted by Gasteiger charge is -2.43. The average Bonchev–Trinajstić information content (AvgIpc) is 3.33. The van der Waals surface area contributed by atoms with Gasteiger partial charge in [0.15, 0.2) is 17.5 Å². The summed E-state index contributed by atoms with van der Waals surface area (Å²) < 4.78 is 5.52. The van der Waals surface area contributed by atoms with Crippen LogP contribution in [0.25, 0.3) is 0 Å². The van der Waals surface area contributed by atoms with E-state index in [-0.39, 0.29) is 31.4 Å². The molecule has 1 aliphatic heterocycles. The predicted octanol–water partition coefficient (Wildman–Crippen LogP) is 9.64. The van der Waals surface area contributed by atoms with Crippen LogP contribution in [0.15, 0.2) is 36.0 Å². The van der Waals surface area contributed by atoms with Gasteiger partial charge in [-0.1, -0.05) is 141 Å². The first-order valence-electron chi connectivity index (χ1n) is 24.5. The van der Waals surface area contributed by atoms with Crippen LogP contribution in [-0.4, -0.2) is 81.8 Å². The van der Waals surface area contributed by atoms with E-state index in [9.17, 15) is 34.2 Å². The van der Waals surface area contributed by atoms with Gasteiger partial charge in [-0.05, 0) is 83.1 Å². The van der Waals surface area contributed by atoms with Gasteiger partial charge < -0.3 is 26.0 Å². The summed E-state index contributed by atoms with van der Waals surface area (Å²) in [5.41, 5.74) is 2.80. The van der Waals surface area contributed by atoms with Crippen molar-refractivity contribution in [2.24, 2.45) is 11.7 Å². The normalized spacial score (nSPS) is 17.0. The molecule has 1 heterocycles. The number of aliphatic hydroxyl groups excluding tert-OH is 2. The molecule has 0 saturated carbocycles. The Kier molecular flexibility index (Phi) is 32.5. The summed E-state index contributed by atoms with van der Waals surface area (Å²) in [6.07, 6.45) is 35.1. The van der Waals surface area contributed by atoms with Crippen molar-refractivity contribution in [1.82, 2.24) is 10.2 Å². The SMILES string of the molecule is CCCCCCCC/C=C\CCCCCCCC(=O)N1C(=O)C=C(C)C(=O)C(CCNC(=N)N)[C@@]1(C(=O)CCCCCCC/C=C\CCCCCCCC)C(=O)OC(CO)CO. The van der Waals surface area contributed by atoms with Crippen molar-refractivity contribution in [1.29, 1.82) is 5.41 Å². The number of imide groups is 1. The third-order valence-corrected chi connectivity index (χ3v) is 11.9. The molecule has 0 aromatic rings. The topological polar surface area (TPSA) is 200 Å². The van der Waals surface area contributed by atoms with Crippen molar-refractivity contribution in [3.63, 3.8) is 0 Å². The summed E-state index contributed by atoms with van der Waals surface area (Å²) >= 11 is 0. The summed E-state index contributed by atoms with van der Waals surface area (Å²) in [5.74, 6) is -6.59. The highest BCUT2D eigenvalue weighted by Crippen LogP contribution is 2.39. The van der Waals surface area contributed by atoms with E-state index in [2.05, 4.69) is 43.5 Å². The molecule has 0 aromatic heterocycles. The Morgan fingerprint density at radius 1 is 0.726 bits per heavy atom. The summed E-state index contributed by atoms with van der Waals surface area (Å²) in [5, 5.41) is 30.1. The number of ether oxygens (including phenoxy) is 1. The monoisotopic (exact) mass is 871 g/mol. The molecule has 1 unspecified atom stereocenters. The molecule has 62 heavy (non-hydrogen) atoms. The molecular weight excluding hydrogens is 785 g/mol. The Morgan fingerprint density at radius 2 is 1.15 bits per heavy atom. The van der Waals surface area contributed by atoms with Crippen LogP contribution >= 0.6 is 0 Å². The molecule has 354 valence electrons. The van der Waals surface area contributed by atoms with E-state index in [0.29, 0.717) is 30.6 Å². The van der Waals surface area contributed by atoms with Gasteiger partial charge in [0.1, 0.15) is 6.10 Å². The van der Waals surface area contributed by atoms with Crippen molar-refractivity contribution in [3.8, 4) is 0 Å². The third-order valence-electron chi connectivity index (χ3n) is 11.9. The number of Topliss-reactive ketones (excluding diaryl/α,β-unsaturated/α-hetero) is 2. The molecule has 2 atom stereocenters. The first-order valence-corrected chi connectivity index (χ1v) is 24.5. The number of hydrogen-bond donors (Lipinski definition) is 5.